The highest BCUT2D eigenvalue weighted by Gasteiger charge is 2.18. The lowest BCUT2D eigenvalue weighted by molar-refractivity contribution is 0.0950. The number of amides is 1. The second-order valence-electron chi connectivity index (χ2n) is 6.74. The van der Waals surface area contributed by atoms with Gasteiger partial charge in [0.05, 0.1) is 15.7 Å². The molecule has 3 rings (SSSR count). The van der Waals surface area contributed by atoms with Crippen LogP contribution < -0.4 is 16.8 Å². The van der Waals surface area contributed by atoms with Gasteiger partial charge in [-0.3, -0.25) is 4.79 Å². The number of pyridine rings is 1. The maximum Gasteiger partial charge on any atom is 0.269 e. The zero-order valence-corrected chi connectivity index (χ0v) is 17.7. The molecule has 1 amide bonds. The maximum absolute atomic E-state index is 12.6. The Morgan fingerprint density at radius 3 is 2.52 bits per heavy atom. The van der Waals surface area contributed by atoms with Crippen LogP contribution in [0.3, 0.4) is 0 Å². The third-order valence-electron chi connectivity index (χ3n) is 4.74. The summed E-state index contributed by atoms with van der Waals surface area (Å²) in [5.41, 5.74) is 17.7. The molecule has 1 aromatic heterocycles. The summed E-state index contributed by atoms with van der Waals surface area (Å²) in [5, 5.41) is 3.64. The highest BCUT2D eigenvalue weighted by molar-refractivity contribution is 6.42. The van der Waals surface area contributed by atoms with Crippen LogP contribution >= 0.6 is 23.2 Å². The summed E-state index contributed by atoms with van der Waals surface area (Å²) in [4.78, 5) is 17.3. The fourth-order valence-electron chi connectivity index (χ4n) is 3.12. The second-order valence-corrected chi connectivity index (χ2v) is 7.55. The lowest BCUT2D eigenvalue weighted by Crippen LogP contribution is -2.29. The number of carbonyl (C=O) groups is 1. The predicted molar refractivity (Wildman–Crippen MR) is 120 cm³/mol. The number of nitrogens with zero attached hydrogens (tertiary/aromatic N) is 1. The number of halogens is 2. The van der Waals surface area contributed by atoms with Crippen LogP contribution in [-0.4, -0.2) is 24.0 Å². The molecule has 0 aliphatic rings. The van der Waals surface area contributed by atoms with Crippen molar-refractivity contribution in [3.63, 3.8) is 0 Å². The molecule has 0 saturated carbocycles. The van der Waals surface area contributed by atoms with Crippen molar-refractivity contribution in [1.29, 1.82) is 0 Å². The van der Waals surface area contributed by atoms with Gasteiger partial charge in [0.2, 0.25) is 0 Å². The molecule has 0 bridgehead atoms. The highest BCUT2D eigenvalue weighted by atomic mass is 35.5. The first-order valence-corrected chi connectivity index (χ1v) is 9.90. The number of hydrogen-bond donors (Lipinski definition) is 3. The van der Waals surface area contributed by atoms with Crippen molar-refractivity contribution >= 4 is 34.8 Å². The first-order chi connectivity index (χ1) is 13.8. The average Bonchev–Trinajstić information content (AvgIpc) is 2.71. The van der Waals surface area contributed by atoms with Crippen LogP contribution in [0.5, 0.6) is 0 Å². The summed E-state index contributed by atoms with van der Waals surface area (Å²) in [5.74, 6) is -0.302. The van der Waals surface area contributed by atoms with Crippen molar-refractivity contribution in [3.8, 4) is 22.4 Å². The average molecular weight is 429 g/mol. The summed E-state index contributed by atoms with van der Waals surface area (Å²) >= 11 is 12.3. The Balaban J connectivity index is 2.26. The van der Waals surface area contributed by atoms with Gasteiger partial charge < -0.3 is 16.8 Å². The number of nitrogens with two attached hydrogens (primary N) is 2. The molecule has 0 radical (unpaired) electrons. The Labute approximate surface area is 180 Å². The van der Waals surface area contributed by atoms with Crippen molar-refractivity contribution in [1.82, 2.24) is 10.3 Å². The number of nitrogens with one attached hydrogen (secondary N) is 1. The van der Waals surface area contributed by atoms with E-state index in [1.54, 1.807) is 18.2 Å². The van der Waals surface area contributed by atoms with Gasteiger partial charge in [-0.15, -0.1) is 0 Å². The zero-order chi connectivity index (χ0) is 21.1. The van der Waals surface area contributed by atoms with Crippen molar-refractivity contribution in [2.75, 3.05) is 18.8 Å². The van der Waals surface area contributed by atoms with E-state index in [1.807, 2.05) is 38.1 Å². The predicted octanol–water partition coefficient (Wildman–Crippen LogP) is 4.61. The Morgan fingerprint density at radius 1 is 1.07 bits per heavy atom. The lowest BCUT2D eigenvalue weighted by Gasteiger charge is -2.16. The summed E-state index contributed by atoms with van der Waals surface area (Å²) in [6, 6.07) is 12.9. The first kappa shape index (κ1) is 21.1. The Morgan fingerprint density at radius 2 is 1.83 bits per heavy atom. The molecule has 0 aliphatic carbocycles. The molecule has 3 aromatic rings. The number of aromatic nitrogens is 1. The minimum absolute atomic E-state index is 0.279. The minimum Gasteiger partial charge on any atom is -0.398 e. The summed E-state index contributed by atoms with van der Waals surface area (Å²) in [6.45, 7) is 4.60. The van der Waals surface area contributed by atoms with Crippen LogP contribution in [-0.2, 0) is 0 Å². The van der Waals surface area contributed by atoms with Crippen LogP contribution in [0, 0.1) is 13.8 Å². The molecule has 0 saturated heterocycles. The third kappa shape index (κ3) is 4.37. The normalized spacial score (nSPS) is 10.8. The summed E-state index contributed by atoms with van der Waals surface area (Å²) < 4.78 is 0. The van der Waals surface area contributed by atoms with Gasteiger partial charge in [0.1, 0.15) is 5.69 Å². The van der Waals surface area contributed by atoms with Crippen LogP contribution in [0.15, 0.2) is 42.5 Å². The van der Waals surface area contributed by atoms with Gasteiger partial charge in [0, 0.05) is 29.9 Å². The van der Waals surface area contributed by atoms with Crippen molar-refractivity contribution in [2.24, 2.45) is 5.73 Å². The van der Waals surface area contributed by atoms with E-state index in [0.717, 1.165) is 27.8 Å². The van der Waals surface area contributed by atoms with E-state index in [-0.39, 0.29) is 11.6 Å². The van der Waals surface area contributed by atoms with Crippen LogP contribution in [0.25, 0.3) is 22.4 Å². The molecular formula is C22H22Cl2N4O. The largest absolute Gasteiger partial charge is 0.398 e. The molecule has 5 nitrogen and oxygen atoms in total. The number of rotatable bonds is 5. The molecule has 150 valence electrons. The first-order valence-electron chi connectivity index (χ1n) is 9.14. The molecule has 0 unspecified atom stereocenters. The molecule has 29 heavy (non-hydrogen) atoms. The number of anilines is 1. The van der Waals surface area contributed by atoms with Gasteiger partial charge in [-0.05, 0) is 48.7 Å². The van der Waals surface area contributed by atoms with E-state index in [9.17, 15) is 4.79 Å². The van der Waals surface area contributed by atoms with Crippen molar-refractivity contribution < 1.29 is 4.79 Å². The molecular weight excluding hydrogens is 407 g/mol. The fourth-order valence-corrected chi connectivity index (χ4v) is 3.42. The van der Waals surface area contributed by atoms with Crippen molar-refractivity contribution in [3.05, 3.63) is 69.3 Å². The van der Waals surface area contributed by atoms with Gasteiger partial charge in [0.25, 0.3) is 5.91 Å². The maximum atomic E-state index is 12.6. The number of benzene rings is 2. The molecule has 7 heteroatoms. The molecule has 1 heterocycles. The van der Waals surface area contributed by atoms with E-state index in [0.29, 0.717) is 34.5 Å². The van der Waals surface area contributed by atoms with Crippen LogP contribution in [0.4, 0.5) is 5.69 Å². The number of nitrogen functional groups attached to an aromatic ring is 1. The molecule has 0 atom stereocenters. The van der Waals surface area contributed by atoms with Gasteiger partial charge in [-0.2, -0.15) is 0 Å². The lowest BCUT2D eigenvalue weighted by atomic mass is 9.93. The second kappa shape index (κ2) is 8.82. The highest BCUT2D eigenvalue weighted by Crippen LogP contribution is 2.36. The fraction of sp³-hybridized carbons (Fsp3) is 0.182. The Hall–Kier alpha value is -2.60. The molecule has 2 aromatic carbocycles. The number of para-hydroxylation sites is 1. The number of hydrogen-bond acceptors (Lipinski definition) is 4. The topological polar surface area (TPSA) is 94.0 Å². The van der Waals surface area contributed by atoms with Crippen LogP contribution in [0.1, 0.15) is 21.6 Å². The van der Waals surface area contributed by atoms with E-state index in [4.69, 9.17) is 34.7 Å². The van der Waals surface area contributed by atoms with Gasteiger partial charge in [-0.25, -0.2) is 4.98 Å². The minimum atomic E-state index is -0.302. The number of carbonyl (C=O) groups excluding carboxylic acids is 1. The molecule has 5 N–H and O–H groups in total. The monoisotopic (exact) mass is 428 g/mol. The summed E-state index contributed by atoms with van der Waals surface area (Å²) in [7, 11) is 0. The zero-order valence-electron chi connectivity index (χ0n) is 16.2. The van der Waals surface area contributed by atoms with Gasteiger partial charge >= 0.3 is 0 Å². The van der Waals surface area contributed by atoms with E-state index in [2.05, 4.69) is 10.3 Å². The quantitative estimate of drug-likeness (QED) is 0.517. The molecule has 0 spiro atoms. The Bertz CT molecular complexity index is 1080. The standard InChI is InChI=1S/C22H22Cl2N4O/c1-12-4-3-5-15(20(12)26)16-11-19(22(29)27-9-8-25)28-21(13(16)2)14-6-7-17(23)18(24)10-14/h3-7,10-11H,8-9,25-26H2,1-2H3,(H,27,29). The van der Waals surface area contributed by atoms with E-state index in [1.165, 1.54) is 0 Å². The Kier molecular flexibility index (Phi) is 6.42. The summed E-state index contributed by atoms with van der Waals surface area (Å²) in [6.07, 6.45) is 0. The number of aryl methyl sites for hydroxylation is 1. The third-order valence-corrected chi connectivity index (χ3v) is 5.48. The molecule has 0 fully saturated rings. The molecule has 0 aliphatic heterocycles. The van der Waals surface area contributed by atoms with E-state index < -0.39 is 0 Å². The SMILES string of the molecule is Cc1cccc(-c2cc(C(=O)NCCN)nc(-c3ccc(Cl)c(Cl)c3)c2C)c1N. The smallest absolute Gasteiger partial charge is 0.269 e. The van der Waals surface area contributed by atoms with E-state index >= 15 is 0 Å². The van der Waals surface area contributed by atoms with Crippen LogP contribution in [0.2, 0.25) is 10.0 Å². The van der Waals surface area contributed by atoms with Crippen molar-refractivity contribution in [2.45, 2.75) is 13.8 Å². The van der Waals surface area contributed by atoms with Gasteiger partial charge in [0.15, 0.2) is 0 Å². The van der Waals surface area contributed by atoms with Gasteiger partial charge in [-0.1, -0.05) is 47.5 Å².